The molecule has 0 heterocycles. The molecule has 9 nitrogen and oxygen atoms in total. The van der Waals surface area contributed by atoms with Gasteiger partial charge in [-0.3, -0.25) is 0 Å². The summed E-state index contributed by atoms with van der Waals surface area (Å²) in [6.45, 7) is 1.46. The molecule has 0 aromatic carbocycles. The van der Waals surface area contributed by atoms with Crippen LogP contribution in [0.1, 0.15) is 13.8 Å². The summed E-state index contributed by atoms with van der Waals surface area (Å²) < 4.78 is 9.43. The average Bonchev–Trinajstić information content (AvgIpc) is 2.30. The van der Waals surface area contributed by atoms with Gasteiger partial charge in [0.2, 0.25) is 0 Å². The first-order chi connectivity index (χ1) is 8.70. The molecule has 0 saturated heterocycles. The first kappa shape index (κ1) is 18.2. The van der Waals surface area contributed by atoms with Crippen LogP contribution in [0.25, 0.3) is 0 Å². The van der Waals surface area contributed by atoms with Gasteiger partial charge in [-0.25, -0.2) is 4.79 Å². The van der Waals surface area contributed by atoms with Gasteiger partial charge in [-0.2, -0.15) is 0 Å². The number of hydrogen-bond acceptors (Lipinski definition) is 8. The van der Waals surface area contributed by atoms with Crippen LogP contribution < -0.4 is 0 Å². The van der Waals surface area contributed by atoms with Crippen LogP contribution >= 0.6 is 0 Å². The maximum atomic E-state index is 11.0. The highest BCUT2D eigenvalue weighted by molar-refractivity contribution is 5.73. The van der Waals surface area contributed by atoms with Crippen molar-refractivity contribution in [3.8, 4) is 0 Å². The van der Waals surface area contributed by atoms with Crippen LogP contribution in [0, 0.1) is 0 Å². The number of aliphatic hydroxyl groups is 5. The molecule has 0 aliphatic heterocycles. The fourth-order valence-electron chi connectivity index (χ4n) is 1.37. The van der Waals surface area contributed by atoms with Gasteiger partial charge < -0.3 is 40.1 Å². The van der Waals surface area contributed by atoms with E-state index in [-0.39, 0.29) is 0 Å². The quantitative estimate of drug-likeness (QED) is 0.247. The zero-order valence-electron chi connectivity index (χ0n) is 10.6. The zero-order chi connectivity index (χ0) is 15.2. The van der Waals surface area contributed by atoms with E-state index in [9.17, 15) is 15.0 Å². The zero-order valence-corrected chi connectivity index (χ0v) is 10.6. The molecule has 0 rings (SSSR count). The number of carboxylic acids is 1. The molecule has 0 bridgehead atoms. The minimum atomic E-state index is -1.84. The van der Waals surface area contributed by atoms with Gasteiger partial charge in [0, 0.05) is 0 Å². The van der Waals surface area contributed by atoms with Gasteiger partial charge in [-0.1, -0.05) is 0 Å². The second-order valence-electron chi connectivity index (χ2n) is 3.93. The minimum absolute atomic E-state index is 0.845. The molecule has 0 aliphatic carbocycles. The number of rotatable bonds is 9. The number of carbonyl (C=O) groups is 1. The van der Waals surface area contributed by atoms with Crippen LogP contribution in [-0.4, -0.2) is 80.2 Å². The molecule has 0 amide bonds. The highest BCUT2D eigenvalue weighted by Crippen LogP contribution is 2.16. The molecule has 19 heavy (non-hydrogen) atoms. The fraction of sp³-hybridized carbons (Fsp3) is 0.900. The molecule has 9 heteroatoms. The van der Waals surface area contributed by atoms with Crippen molar-refractivity contribution < 1.29 is 44.9 Å². The van der Waals surface area contributed by atoms with Crippen molar-refractivity contribution in [3.05, 3.63) is 0 Å². The molecule has 0 fully saturated rings. The molecule has 0 aliphatic rings. The number of hydrogen-bond donors (Lipinski definition) is 6. The topological polar surface area (TPSA) is 157 Å². The summed E-state index contributed by atoms with van der Waals surface area (Å²) in [6.07, 6.45) is -9.98. The molecule has 0 saturated carbocycles. The Balaban J connectivity index is 5.10. The molecule has 114 valence electrons. The molecule has 0 aromatic heterocycles. The lowest BCUT2D eigenvalue weighted by Gasteiger charge is -2.31. The van der Waals surface area contributed by atoms with Crippen molar-refractivity contribution in [2.75, 3.05) is 6.61 Å². The first-order valence-corrected chi connectivity index (χ1v) is 5.57. The van der Waals surface area contributed by atoms with E-state index in [1.807, 2.05) is 0 Å². The third kappa shape index (κ3) is 6.25. The Morgan fingerprint density at radius 3 is 1.84 bits per heavy atom. The minimum Gasteiger partial charge on any atom is -0.479 e. The normalized spacial score (nSPS) is 21.2. The van der Waals surface area contributed by atoms with Crippen LogP contribution in [-0.2, 0) is 14.3 Å². The van der Waals surface area contributed by atoms with Gasteiger partial charge in [0.25, 0.3) is 0 Å². The van der Waals surface area contributed by atoms with Gasteiger partial charge in [0.1, 0.15) is 18.3 Å². The van der Waals surface area contributed by atoms with E-state index in [0.717, 1.165) is 13.8 Å². The fourth-order valence-corrected chi connectivity index (χ4v) is 1.37. The predicted octanol–water partition coefficient (Wildman–Crippen LogP) is -2.77. The Morgan fingerprint density at radius 2 is 1.53 bits per heavy atom. The standard InChI is InChI=1S/C10H20O9/c1-4(12)18-8(7(15)6(14)3-11)9(10(16)17)19-5(2)13/h4-9,11-15H,3H2,1-2H3,(H,16,17)/t4?,5?,6-,7-,8+,9-/m1/s1. The van der Waals surface area contributed by atoms with Crippen LogP contribution in [0.5, 0.6) is 0 Å². The summed E-state index contributed by atoms with van der Waals surface area (Å²) in [6, 6.07) is 0. The Morgan fingerprint density at radius 1 is 1.05 bits per heavy atom. The summed E-state index contributed by atoms with van der Waals surface area (Å²) in [5.41, 5.74) is 0. The van der Waals surface area contributed by atoms with E-state index in [2.05, 4.69) is 4.74 Å². The maximum absolute atomic E-state index is 11.0. The number of ether oxygens (including phenoxy) is 2. The molecule has 2 unspecified atom stereocenters. The first-order valence-electron chi connectivity index (χ1n) is 5.57. The summed E-state index contributed by atoms with van der Waals surface area (Å²) in [5.74, 6) is -1.57. The van der Waals surface area contributed by atoms with Crippen LogP contribution in [0.2, 0.25) is 0 Å². The Kier molecular flexibility index (Phi) is 8.02. The number of aliphatic hydroxyl groups excluding tert-OH is 5. The van der Waals surface area contributed by atoms with Gasteiger partial charge in [0.15, 0.2) is 18.7 Å². The summed E-state index contributed by atoms with van der Waals surface area (Å²) in [7, 11) is 0. The Labute approximate surface area is 109 Å². The monoisotopic (exact) mass is 284 g/mol. The van der Waals surface area contributed by atoms with Crippen LogP contribution in [0.15, 0.2) is 0 Å². The van der Waals surface area contributed by atoms with E-state index >= 15 is 0 Å². The Bertz CT molecular complexity index is 268. The lowest BCUT2D eigenvalue weighted by atomic mass is 10.0. The van der Waals surface area contributed by atoms with Crippen LogP contribution in [0.3, 0.4) is 0 Å². The summed E-state index contributed by atoms with van der Waals surface area (Å²) in [4.78, 5) is 11.0. The molecule has 6 atom stereocenters. The van der Waals surface area contributed by atoms with Crippen molar-refractivity contribution >= 4 is 5.97 Å². The molecule has 0 aromatic rings. The highest BCUT2D eigenvalue weighted by atomic mass is 16.7. The summed E-state index contributed by atoms with van der Waals surface area (Å²) in [5, 5.41) is 54.8. The number of aliphatic carboxylic acids is 1. The molecule has 6 N–H and O–H groups in total. The average molecular weight is 284 g/mol. The Hall–Kier alpha value is -0.810. The summed E-state index contributed by atoms with van der Waals surface area (Å²) >= 11 is 0. The molecular formula is C10H20O9. The SMILES string of the molecule is CC(O)O[C@@H]([C@H](O)[C@H](O)CO)[C@@H](OC(C)O)C(=O)O. The second kappa shape index (κ2) is 8.38. The molecular weight excluding hydrogens is 264 g/mol. The lowest BCUT2D eigenvalue weighted by molar-refractivity contribution is -0.240. The van der Waals surface area contributed by atoms with E-state index in [0.29, 0.717) is 0 Å². The van der Waals surface area contributed by atoms with E-state index in [1.165, 1.54) is 0 Å². The second-order valence-corrected chi connectivity index (χ2v) is 3.93. The third-order valence-electron chi connectivity index (χ3n) is 2.16. The third-order valence-corrected chi connectivity index (χ3v) is 2.16. The van der Waals surface area contributed by atoms with Gasteiger partial charge in [-0.15, -0.1) is 0 Å². The van der Waals surface area contributed by atoms with Gasteiger partial charge >= 0.3 is 5.97 Å². The van der Waals surface area contributed by atoms with Crippen molar-refractivity contribution in [2.24, 2.45) is 0 Å². The van der Waals surface area contributed by atoms with Crippen LogP contribution in [0.4, 0.5) is 0 Å². The largest absolute Gasteiger partial charge is 0.479 e. The predicted molar refractivity (Wildman–Crippen MR) is 59.8 cm³/mol. The van der Waals surface area contributed by atoms with Crippen molar-refractivity contribution in [1.82, 2.24) is 0 Å². The van der Waals surface area contributed by atoms with Crippen molar-refractivity contribution in [3.63, 3.8) is 0 Å². The van der Waals surface area contributed by atoms with E-state index < -0.39 is 49.6 Å². The van der Waals surface area contributed by atoms with Crippen molar-refractivity contribution in [1.29, 1.82) is 0 Å². The van der Waals surface area contributed by atoms with E-state index in [4.69, 9.17) is 25.2 Å². The molecule has 0 radical (unpaired) electrons. The van der Waals surface area contributed by atoms with Crippen molar-refractivity contribution in [2.45, 2.75) is 50.8 Å². The number of carboxylic acid groups (broad SMARTS) is 1. The van der Waals surface area contributed by atoms with Gasteiger partial charge in [0.05, 0.1) is 6.61 Å². The molecule has 0 spiro atoms. The lowest BCUT2D eigenvalue weighted by Crippen LogP contribution is -2.53. The van der Waals surface area contributed by atoms with E-state index in [1.54, 1.807) is 0 Å². The smallest absolute Gasteiger partial charge is 0.335 e. The maximum Gasteiger partial charge on any atom is 0.335 e. The van der Waals surface area contributed by atoms with Gasteiger partial charge in [-0.05, 0) is 13.8 Å². The highest BCUT2D eigenvalue weighted by Gasteiger charge is 2.40.